The van der Waals surface area contributed by atoms with Crippen LogP contribution in [0.1, 0.15) is 39.7 Å². The zero-order valence-electron chi connectivity index (χ0n) is 14.4. The largest absolute Gasteiger partial charge is 0.394 e. The Morgan fingerprint density at radius 1 is 1.29 bits per heavy atom. The topological polar surface area (TPSA) is 74.2 Å². The van der Waals surface area contributed by atoms with Crippen LogP contribution >= 0.6 is 11.3 Å². The summed E-state index contributed by atoms with van der Waals surface area (Å²) in [6.45, 7) is 6.52. The molecule has 24 heavy (non-hydrogen) atoms. The smallest absolute Gasteiger partial charge is 0.315 e. The molecule has 0 spiro atoms. The average Bonchev–Trinajstić information content (AvgIpc) is 2.90. The van der Waals surface area contributed by atoms with Crippen LogP contribution in [-0.4, -0.2) is 29.3 Å². The molecule has 0 fully saturated rings. The van der Waals surface area contributed by atoms with Crippen LogP contribution in [0.15, 0.2) is 24.3 Å². The summed E-state index contributed by atoms with van der Waals surface area (Å²) in [5, 5.41) is 16.2. The third-order valence-electron chi connectivity index (χ3n) is 3.98. The minimum atomic E-state index is -0.403. The summed E-state index contributed by atoms with van der Waals surface area (Å²) in [6.07, 6.45) is 1.68. The molecule has 0 aliphatic carbocycles. The van der Waals surface area contributed by atoms with Crippen LogP contribution in [0.4, 0.5) is 4.79 Å². The fourth-order valence-corrected chi connectivity index (χ4v) is 3.29. The molecule has 1 aromatic heterocycles. The van der Waals surface area contributed by atoms with Crippen molar-refractivity contribution in [3.05, 3.63) is 51.0 Å². The minimum absolute atomic E-state index is 0.135. The second kappa shape index (κ2) is 8.80. The number of benzene rings is 1. The maximum Gasteiger partial charge on any atom is 0.315 e. The highest BCUT2D eigenvalue weighted by Crippen LogP contribution is 2.16. The van der Waals surface area contributed by atoms with Gasteiger partial charge in [0.15, 0.2) is 0 Å². The summed E-state index contributed by atoms with van der Waals surface area (Å²) in [6, 6.07) is 7.25. The van der Waals surface area contributed by atoms with E-state index >= 15 is 0 Å². The molecule has 3 N–H and O–H groups in total. The summed E-state index contributed by atoms with van der Waals surface area (Å²) in [4.78, 5) is 17.7. The first-order chi connectivity index (χ1) is 11.5. The van der Waals surface area contributed by atoms with Gasteiger partial charge in [0.25, 0.3) is 0 Å². The number of aliphatic hydroxyl groups is 1. The lowest BCUT2D eigenvalue weighted by Gasteiger charge is -2.17. The molecule has 6 heteroatoms. The summed E-state index contributed by atoms with van der Waals surface area (Å²) < 4.78 is 0. The first kappa shape index (κ1) is 18.4. The summed E-state index contributed by atoms with van der Waals surface area (Å²) in [5.74, 6) is 0. The van der Waals surface area contributed by atoms with Gasteiger partial charge in [-0.2, -0.15) is 0 Å². The number of hydrogen-bond acceptors (Lipinski definition) is 4. The molecule has 1 heterocycles. The molecule has 1 aromatic carbocycles. The van der Waals surface area contributed by atoms with Crippen molar-refractivity contribution in [2.45, 2.75) is 39.7 Å². The Hall–Kier alpha value is -1.92. The molecule has 0 aliphatic rings. The van der Waals surface area contributed by atoms with Crippen molar-refractivity contribution in [3.8, 4) is 0 Å². The highest BCUT2D eigenvalue weighted by Gasteiger charge is 2.13. The number of rotatable bonds is 7. The number of carbonyl (C=O) groups is 1. The number of hydrogen-bond donors (Lipinski definition) is 3. The summed E-state index contributed by atoms with van der Waals surface area (Å²) in [7, 11) is 0. The first-order valence-electron chi connectivity index (χ1n) is 8.20. The highest BCUT2D eigenvalue weighted by atomic mass is 32.1. The normalized spacial score (nSPS) is 12.0. The number of nitrogens with zero attached hydrogens (tertiary/aromatic N) is 1. The molecule has 0 saturated carbocycles. The van der Waals surface area contributed by atoms with E-state index in [9.17, 15) is 9.90 Å². The molecule has 0 bridgehead atoms. The summed E-state index contributed by atoms with van der Waals surface area (Å²) in [5.41, 5.74) is 3.18. The van der Waals surface area contributed by atoms with E-state index in [-0.39, 0.29) is 12.6 Å². The van der Waals surface area contributed by atoms with Crippen molar-refractivity contribution in [1.29, 1.82) is 0 Å². The standard InChI is InChI=1S/C18H25N3O2S/c1-4-14-5-7-15(8-6-14)16(11-22)21-18(23)19-10-9-17-20-12(2)13(3)24-17/h5-8,16,22H,4,9-11H2,1-3H3,(H2,19,21,23). The number of amides is 2. The molecule has 2 rings (SSSR count). The molecular weight excluding hydrogens is 322 g/mol. The molecule has 130 valence electrons. The van der Waals surface area contributed by atoms with Crippen molar-refractivity contribution in [3.63, 3.8) is 0 Å². The van der Waals surface area contributed by atoms with E-state index < -0.39 is 6.04 Å². The molecule has 2 aromatic rings. The number of carbonyl (C=O) groups excluding carboxylic acids is 1. The van der Waals surface area contributed by atoms with E-state index in [1.54, 1.807) is 11.3 Å². The van der Waals surface area contributed by atoms with Crippen molar-refractivity contribution in [1.82, 2.24) is 15.6 Å². The van der Waals surface area contributed by atoms with Gasteiger partial charge in [0, 0.05) is 17.8 Å². The molecule has 2 amide bonds. The Kier molecular flexibility index (Phi) is 6.75. The molecule has 1 unspecified atom stereocenters. The van der Waals surface area contributed by atoms with Gasteiger partial charge in [-0.25, -0.2) is 9.78 Å². The van der Waals surface area contributed by atoms with Gasteiger partial charge in [-0.15, -0.1) is 11.3 Å². The number of thiazole rings is 1. The zero-order valence-corrected chi connectivity index (χ0v) is 15.2. The fourth-order valence-electron chi connectivity index (χ4n) is 2.36. The molecule has 0 radical (unpaired) electrons. The Bertz CT molecular complexity index is 648. The maximum atomic E-state index is 12.0. The third-order valence-corrected chi connectivity index (χ3v) is 5.11. The van der Waals surface area contributed by atoms with Crippen LogP contribution < -0.4 is 10.6 Å². The fraction of sp³-hybridized carbons (Fsp3) is 0.444. The van der Waals surface area contributed by atoms with Gasteiger partial charge in [0.1, 0.15) is 0 Å². The molecule has 0 saturated heterocycles. The predicted octanol–water partition coefficient (Wildman–Crippen LogP) is 2.90. The number of nitrogens with one attached hydrogen (secondary N) is 2. The Morgan fingerprint density at radius 3 is 2.54 bits per heavy atom. The van der Waals surface area contributed by atoms with E-state index in [4.69, 9.17) is 0 Å². The van der Waals surface area contributed by atoms with Crippen molar-refractivity contribution < 1.29 is 9.90 Å². The Balaban J connectivity index is 1.82. The van der Waals surface area contributed by atoms with Crippen LogP contribution in [0.25, 0.3) is 0 Å². The molecule has 5 nitrogen and oxygen atoms in total. The van der Waals surface area contributed by atoms with Crippen molar-refractivity contribution in [2.75, 3.05) is 13.2 Å². The van der Waals surface area contributed by atoms with Gasteiger partial charge < -0.3 is 15.7 Å². The lowest BCUT2D eigenvalue weighted by molar-refractivity contribution is 0.217. The van der Waals surface area contributed by atoms with Crippen LogP contribution in [0.3, 0.4) is 0 Å². The van der Waals surface area contributed by atoms with E-state index in [2.05, 4.69) is 22.5 Å². The predicted molar refractivity (Wildman–Crippen MR) is 97.5 cm³/mol. The van der Waals surface area contributed by atoms with Crippen LogP contribution in [-0.2, 0) is 12.8 Å². The second-order valence-corrected chi connectivity index (χ2v) is 7.02. The quantitative estimate of drug-likeness (QED) is 0.721. The van der Waals surface area contributed by atoms with Gasteiger partial charge >= 0.3 is 6.03 Å². The average molecular weight is 347 g/mol. The number of aryl methyl sites for hydroxylation is 3. The van der Waals surface area contributed by atoms with E-state index in [0.717, 1.165) is 22.7 Å². The first-order valence-corrected chi connectivity index (χ1v) is 9.02. The van der Waals surface area contributed by atoms with Gasteiger partial charge in [0.05, 0.1) is 23.4 Å². The third kappa shape index (κ3) is 5.04. The minimum Gasteiger partial charge on any atom is -0.394 e. The van der Waals surface area contributed by atoms with Crippen LogP contribution in [0.5, 0.6) is 0 Å². The van der Waals surface area contributed by atoms with Gasteiger partial charge in [-0.1, -0.05) is 31.2 Å². The zero-order chi connectivity index (χ0) is 17.5. The van der Waals surface area contributed by atoms with Crippen molar-refractivity contribution in [2.24, 2.45) is 0 Å². The van der Waals surface area contributed by atoms with Crippen LogP contribution in [0.2, 0.25) is 0 Å². The summed E-state index contributed by atoms with van der Waals surface area (Å²) >= 11 is 1.66. The van der Waals surface area contributed by atoms with Crippen molar-refractivity contribution >= 4 is 17.4 Å². The number of aromatic nitrogens is 1. The van der Waals surface area contributed by atoms with Crippen LogP contribution in [0, 0.1) is 13.8 Å². The van der Waals surface area contributed by atoms with E-state index in [0.29, 0.717) is 13.0 Å². The molecule has 0 aliphatic heterocycles. The number of urea groups is 1. The highest BCUT2D eigenvalue weighted by molar-refractivity contribution is 7.11. The lowest BCUT2D eigenvalue weighted by atomic mass is 10.0. The molecular formula is C18H25N3O2S. The molecule has 1 atom stereocenters. The van der Waals surface area contributed by atoms with E-state index in [1.807, 2.05) is 38.1 Å². The maximum absolute atomic E-state index is 12.0. The van der Waals surface area contributed by atoms with Gasteiger partial charge in [-0.3, -0.25) is 0 Å². The monoisotopic (exact) mass is 347 g/mol. The second-order valence-electron chi connectivity index (χ2n) is 5.73. The van der Waals surface area contributed by atoms with E-state index in [1.165, 1.54) is 10.4 Å². The number of aliphatic hydroxyl groups excluding tert-OH is 1. The lowest BCUT2D eigenvalue weighted by Crippen LogP contribution is -2.40. The Labute approximate surface area is 147 Å². The van der Waals surface area contributed by atoms with Gasteiger partial charge in [-0.05, 0) is 31.4 Å². The SMILES string of the molecule is CCc1ccc(C(CO)NC(=O)NCCc2nc(C)c(C)s2)cc1. The van der Waals surface area contributed by atoms with Gasteiger partial charge in [0.2, 0.25) is 0 Å². The Morgan fingerprint density at radius 2 is 2.00 bits per heavy atom.